The molecule has 0 aromatic carbocycles. The molecule has 0 saturated carbocycles. The molecule has 0 bridgehead atoms. The Morgan fingerprint density at radius 1 is 1.78 bits per heavy atom. The van der Waals surface area contributed by atoms with Gasteiger partial charge in [-0.25, -0.2) is 0 Å². The van der Waals surface area contributed by atoms with Gasteiger partial charge in [-0.2, -0.15) is 5.06 Å². The molecule has 0 aromatic heterocycles. The second-order valence-electron chi connectivity index (χ2n) is 2.35. The standard InChI is InChI=1S/C6H14N2O/c1-2-9-8-4-3-6(7)5-8/h6H,2-5,7H2,1H3. The Labute approximate surface area is 55.7 Å². The number of hydrogen-bond donors (Lipinski definition) is 1. The van der Waals surface area contributed by atoms with Gasteiger partial charge in [-0.3, -0.25) is 4.84 Å². The molecule has 1 heterocycles. The summed E-state index contributed by atoms with van der Waals surface area (Å²) in [5.74, 6) is 0. The van der Waals surface area contributed by atoms with Crippen molar-refractivity contribution in [3.63, 3.8) is 0 Å². The molecule has 1 atom stereocenters. The summed E-state index contributed by atoms with van der Waals surface area (Å²) >= 11 is 0. The fraction of sp³-hybridized carbons (Fsp3) is 1.00. The van der Waals surface area contributed by atoms with E-state index in [0.29, 0.717) is 6.04 Å². The fourth-order valence-electron chi connectivity index (χ4n) is 1.05. The zero-order valence-electron chi connectivity index (χ0n) is 5.84. The molecule has 3 nitrogen and oxygen atoms in total. The SMILES string of the molecule is CCON1CCC(N)C1. The number of nitrogens with zero attached hydrogens (tertiary/aromatic N) is 1. The minimum Gasteiger partial charge on any atom is -0.326 e. The molecule has 1 unspecified atom stereocenters. The predicted octanol–water partition coefficient (Wildman–Crippen LogP) is -0.0291. The Hall–Kier alpha value is -0.120. The Morgan fingerprint density at radius 3 is 3.00 bits per heavy atom. The van der Waals surface area contributed by atoms with Crippen molar-refractivity contribution in [2.75, 3.05) is 19.7 Å². The molecule has 0 spiro atoms. The fourth-order valence-corrected chi connectivity index (χ4v) is 1.05. The van der Waals surface area contributed by atoms with E-state index in [1.807, 2.05) is 12.0 Å². The summed E-state index contributed by atoms with van der Waals surface area (Å²) in [6.07, 6.45) is 1.07. The van der Waals surface area contributed by atoms with Crippen LogP contribution in [0.1, 0.15) is 13.3 Å². The van der Waals surface area contributed by atoms with E-state index >= 15 is 0 Å². The van der Waals surface area contributed by atoms with Crippen molar-refractivity contribution in [1.82, 2.24) is 5.06 Å². The Bertz CT molecular complexity index is 85.1. The average Bonchev–Trinajstić information content (AvgIpc) is 2.17. The summed E-state index contributed by atoms with van der Waals surface area (Å²) < 4.78 is 0. The molecule has 0 aromatic rings. The van der Waals surface area contributed by atoms with Crippen molar-refractivity contribution in [3.8, 4) is 0 Å². The molecule has 0 aliphatic carbocycles. The smallest absolute Gasteiger partial charge is 0.0656 e. The van der Waals surface area contributed by atoms with Crippen LogP contribution in [-0.2, 0) is 4.84 Å². The van der Waals surface area contributed by atoms with Crippen LogP contribution in [-0.4, -0.2) is 30.8 Å². The monoisotopic (exact) mass is 130 g/mol. The third kappa shape index (κ3) is 1.93. The first-order valence-corrected chi connectivity index (χ1v) is 3.46. The first-order valence-electron chi connectivity index (χ1n) is 3.46. The molecule has 9 heavy (non-hydrogen) atoms. The van der Waals surface area contributed by atoms with Crippen LogP contribution in [0.2, 0.25) is 0 Å². The molecule has 54 valence electrons. The van der Waals surface area contributed by atoms with Gasteiger partial charge in [-0.05, 0) is 13.3 Å². The van der Waals surface area contributed by atoms with Gasteiger partial charge >= 0.3 is 0 Å². The van der Waals surface area contributed by atoms with Crippen molar-refractivity contribution < 1.29 is 4.84 Å². The van der Waals surface area contributed by atoms with Gasteiger partial charge in [0.25, 0.3) is 0 Å². The van der Waals surface area contributed by atoms with E-state index in [2.05, 4.69) is 0 Å². The highest BCUT2D eigenvalue weighted by Crippen LogP contribution is 2.05. The van der Waals surface area contributed by atoms with Crippen LogP contribution in [0.25, 0.3) is 0 Å². The van der Waals surface area contributed by atoms with Crippen LogP contribution in [0, 0.1) is 0 Å². The maximum Gasteiger partial charge on any atom is 0.0656 e. The van der Waals surface area contributed by atoms with Crippen LogP contribution in [0.5, 0.6) is 0 Å². The lowest BCUT2D eigenvalue weighted by atomic mass is 10.3. The molecule has 1 rings (SSSR count). The van der Waals surface area contributed by atoms with E-state index in [-0.39, 0.29) is 0 Å². The Morgan fingerprint density at radius 2 is 2.56 bits per heavy atom. The highest BCUT2D eigenvalue weighted by Gasteiger charge is 2.18. The molecule has 0 amide bonds. The highest BCUT2D eigenvalue weighted by atomic mass is 16.7. The molecule has 3 heteroatoms. The number of nitrogens with two attached hydrogens (primary N) is 1. The first-order chi connectivity index (χ1) is 4.33. The third-order valence-electron chi connectivity index (χ3n) is 1.50. The highest BCUT2D eigenvalue weighted by molar-refractivity contribution is 4.72. The molecule has 1 aliphatic heterocycles. The summed E-state index contributed by atoms with van der Waals surface area (Å²) in [6, 6.07) is 0.330. The molecular weight excluding hydrogens is 116 g/mol. The summed E-state index contributed by atoms with van der Waals surface area (Å²) in [4.78, 5) is 5.23. The molecule has 0 radical (unpaired) electrons. The largest absolute Gasteiger partial charge is 0.326 e. The third-order valence-corrected chi connectivity index (χ3v) is 1.50. The lowest BCUT2D eigenvalue weighted by molar-refractivity contribution is -0.138. The maximum absolute atomic E-state index is 5.63. The molecule has 2 N–H and O–H groups in total. The average molecular weight is 130 g/mol. The Kier molecular flexibility index (Phi) is 2.45. The topological polar surface area (TPSA) is 38.5 Å². The van der Waals surface area contributed by atoms with Crippen LogP contribution >= 0.6 is 0 Å². The second-order valence-corrected chi connectivity index (χ2v) is 2.35. The van der Waals surface area contributed by atoms with Gasteiger partial charge in [0.1, 0.15) is 0 Å². The van der Waals surface area contributed by atoms with Gasteiger partial charge < -0.3 is 5.73 Å². The van der Waals surface area contributed by atoms with E-state index in [9.17, 15) is 0 Å². The van der Waals surface area contributed by atoms with E-state index < -0.39 is 0 Å². The molecule has 1 aliphatic rings. The van der Waals surface area contributed by atoms with Crippen LogP contribution in [0.4, 0.5) is 0 Å². The predicted molar refractivity (Wildman–Crippen MR) is 35.8 cm³/mol. The lowest BCUT2D eigenvalue weighted by Crippen LogP contribution is -2.26. The summed E-state index contributed by atoms with van der Waals surface area (Å²) in [5.41, 5.74) is 5.63. The molecular formula is C6H14N2O. The lowest BCUT2D eigenvalue weighted by Gasteiger charge is -2.12. The number of hydroxylamine groups is 2. The van der Waals surface area contributed by atoms with Gasteiger partial charge in [0, 0.05) is 19.1 Å². The van der Waals surface area contributed by atoms with Crippen molar-refractivity contribution in [1.29, 1.82) is 0 Å². The van der Waals surface area contributed by atoms with Crippen molar-refractivity contribution >= 4 is 0 Å². The summed E-state index contributed by atoms with van der Waals surface area (Å²) in [6.45, 7) is 4.64. The van der Waals surface area contributed by atoms with Crippen molar-refractivity contribution in [3.05, 3.63) is 0 Å². The second kappa shape index (κ2) is 3.15. The van der Waals surface area contributed by atoms with Crippen molar-refractivity contribution in [2.24, 2.45) is 5.73 Å². The normalized spacial score (nSPS) is 29.3. The maximum atomic E-state index is 5.63. The van der Waals surface area contributed by atoms with E-state index in [1.165, 1.54) is 0 Å². The first kappa shape index (κ1) is 6.99. The van der Waals surface area contributed by atoms with Gasteiger partial charge in [0.2, 0.25) is 0 Å². The number of hydrogen-bond acceptors (Lipinski definition) is 3. The van der Waals surface area contributed by atoms with Crippen LogP contribution in [0.3, 0.4) is 0 Å². The quantitative estimate of drug-likeness (QED) is 0.570. The van der Waals surface area contributed by atoms with Gasteiger partial charge in [-0.15, -0.1) is 0 Å². The number of rotatable bonds is 2. The van der Waals surface area contributed by atoms with E-state index in [0.717, 1.165) is 26.1 Å². The van der Waals surface area contributed by atoms with Gasteiger partial charge in [0.15, 0.2) is 0 Å². The Balaban J connectivity index is 2.14. The summed E-state index contributed by atoms with van der Waals surface area (Å²) in [7, 11) is 0. The van der Waals surface area contributed by atoms with E-state index in [1.54, 1.807) is 0 Å². The zero-order valence-corrected chi connectivity index (χ0v) is 5.84. The van der Waals surface area contributed by atoms with Gasteiger partial charge in [-0.1, -0.05) is 0 Å². The molecule has 1 saturated heterocycles. The molecule has 1 fully saturated rings. The van der Waals surface area contributed by atoms with E-state index in [4.69, 9.17) is 10.6 Å². The van der Waals surface area contributed by atoms with Crippen LogP contribution < -0.4 is 5.73 Å². The minimum absolute atomic E-state index is 0.330. The zero-order chi connectivity index (χ0) is 6.69. The van der Waals surface area contributed by atoms with Gasteiger partial charge in [0.05, 0.1) is 6.61 Å². The summed E-state index contributed by atoms with van der Waals surface area (Å²) in [5, 5.41) is 1.94. The van der Waals surface area contributed by atoms with Crippen LogP contribution in [0.15, 0.2) is 0 Å². The van der Waals surface area contributed by atoms with Crippen molar-refractivity contribution in [2.45, 2.75) is 19.4 Å². The minimum atomic E-state index is 0.330.